The zero-order valence-corrected chi connectivity index (χ0v) is 11.4. The third-order valence-electron chi connectivity index (χ3n) is 2.25. The SMILES string of the molecule is CCOC(=O)c1cnc(NCCOCC(F)F)nc1C. The number of halogens is 2. The highest BCUT2D eigenvalue weighted by molar-refractivity contribution is 5.90. The fourth-order valence-corrected chi connectivity index (χ4v) is 1.37. The summed E-state index contributed by atoms with van der Waals surface area (Å²) < 4.78 is 33.2. The van der Waals surface area contributed by atoms with E-state index >= 15 is 0 Å². The second kappa shape index (κ2) is 8.36. The summed E-state index contributed by atoms with van der Waals surface area (Å²) in [5.74, 6) is -0.173. The maximum absolute atomic E-state index is 11.8. The molecule has 0 aromatic carbocycles. The van der Waals surface area contributed by atoms with Gasteiger partial charge in [-0.25, -0.2) is 23.5 Å². The molecule has 0 bridgehead atoms. The fraction of sp³-hybridized carbons (Fsp3) is 0.583. The summed E-state index contributed by atoms with van der Waals surface area (Å²) in [5, 5.41) is 2.81. The Hall–Kier alpha value is -1.83. The molecule has 1 aromatic heterocycles. The van der Waals surface area contributed by atoms with Crippen LogP contribution in [0.2, 0.25) is 0 Å². The van der Waals surface area contributed by atoms with Gasteiger partial charge in [-0.2, -0.15) is 0 Å². The molecule has 0 radical (unpaired) electrons. The molecule has 8 heteroatoms. The van der Waals surface area contributed by atoms with Crippen molar-refractivity contribution in [3.63, 3.8) is 0 Å². The number of nitrogens with one attached hydrogen (secondary N) is 1. The fourth-order valence-electron chi connectivity index (χ4n) is 1.37. The van der Waals surface area contributed by atoms with Crippen LogP contribution < -0.4 is 5.32 Å². The van der Waals surface area contributed by atoms with Gasteiger partial charge in [0.2, 0.25) is 5.95 Å². The van der Waals surface area contributed by atoms with Crippen molar-refractivity contribution >= 4 is 11.9 Å². The number of aryl methyl sites for hydroxylation is 1. The third kappa shape index (κ3) is 5.43. The number of hydrogen-bond donors (Lipinski definition) is 1. The Morgan fingerprint density at radius 1 is 1.50 bits per heavy atom. The number of carbonyl (C=O) groups is 1. The van der Waals surface area contributed by atoms with E-state index in [2.05, 4.69) is 15.3 Å². The summed E-state index contributed by atoms with van der Waals surface area (Å²) in [7, 11) is 0. The molecule has 0 saturated carbocycles. The number of esters is 1. The number of rotatable bonds is 8. The highest BCUT2D eigenvalue weighted by Crippen LogP contribution is 2.08. The molecule has 0 atom stereocenters. The topological polar surface area (TPSA) is 73.3 Å². The van der Waals surface area contributed by atoms with Gasteiger partial charge in [0.15, 0.2) is 0 Å². The second-order valence-electron chi connectivity index (χ2n) is 3.81. The van der Waals surface area contributed by atoms with Crippen LogP contribution in [0.25, 0.3) is 0 Å². The first-order chi connectivity index (χ1) is 9.54. The van der Waals surface area contributed by atoms with Crippen LogP contribution in [0.3, 0.4) is 0 Å². The largest absolute Gasteiger partial charge is 0.462 e. The molecule has 1 aromatic rings. The van der Waals surface area contributed by atoms with E-state index < -0.39 is 19.0 Å². The summed E-state index contributed by atoms with van der Waals surface area (Å²) in [6, 6.07) is 0. The summed E-state index contributed by atoms with van der Waals surface area (Å²) in [6.45, 7) is 3.47. The van der Waals surface area contributed by atoms with Gasteiger partial charge in [0.1, 0.15) is 6.61 Å². The number of ether oxygens (including phenoxy) is 2. The molecule has 0 spiro atoms. The van der Waals surface area contributed by atoms with Crippen LogP contribution in [0.4, 0.5) is 14.7 Å². The van der Waals surface area contributed by atoms with Crippen LogP contribution in [0.1, 0.15) is 23.0 Å². The van der Waals surface area contributed by atoms with E-state index in [9.17, 15) is 13.6 Å². The molecule has 0 aliphatic carbocycles. The van der Waals surface area contributed by atoms with Gasteiger partial charge in [0.25, 0.3) is 6.43 Å². The van der Waals surface area contributed by atoms with Crippen LogP contribution in [0.5, 0.6) is 0 Å². The Bertz CT molecular complexity index is 444. The molecule has 1 N–H and O–H groups in total. The monoisotopic (exact) mass is 289 g/mol. The Morgan fingerprint density at radius 2 is 2.25 bits per heavy atom. The number of nitrogens with zero attached hydrogens (tertiary/aromatic N) is 2. The zero-order chi connectivity index (χ0) is 15.0. The molecule has 6 nitrogen and oxygen atoms in total. The predicted molar refractivity (Wildman–Crippen MR) is 68.0 cm³/mol. The Balaban J connectivity index is 2.45. The van der Waals surface area contributed by atoms with Gasteiger partial charge < -0.3 is 14.8 Å². The molecule has 0 aliphatic rings. The van der Waals surface area contributed by atoms with Crippen molar-refractivity contribution < 1.29 is 23.0 Å². The number of carbonyl (C=O) groups excluding carboxylic acids is 1. The minimum atomic E-state index is -2.47. The molecule has 1 heterocycles. The van der Waals surface area contributed by atoms with Crippen LogP contribution in [0.15, 0.2) is 6.20 Å². The molecule has 0 unspecified atom stereocenters. The van der Waals surface area contributed by atoms with Gasteiger partial charge in [-0.05, 0) is 13.8 Å². The minimum Gasteiger partial charge on any atom is -0.462 e. The number of alkyl halides is 2. The summed E-state index contributed by atoms with van der Waals surface area (Å²) in [5.41, 5.74) is 0.779. The van der Waals surface area contributed by atoms with E-state index in [0.717, 1.165) is 0 Å². The van der Waals surface area contributed by atoms with E-state index in [4.69, 9.17) is 9.47 Å². The second-order valence-corrected chi connectivity index (χ2v) is 3.81. The molecule has 20 heavy (non-hydrogen) atoms. The van der Waals surface area contributed by atoms with Gasteiger partial charge >= 0.3 is 5.97 Å². The molecule has 0 amide bonds. The lowest BCUT2D eigenvalue weighted by atomic mass is 10.2. The highest BCUT2D eigenvalue weighted by atomic mass is 19.3. The van der Waals surface area contributed by atoms with Gasteiger partial charge in [-0.1, -0.05) is 0 Å². The van der Waals surface area contributed by atoms with Gasteiger partial charge in [-0.15, -0.1) is 0 Å². The number of aromatic nitrogens is 2. The lowest BCUT2D eigenvalue weighted by Gasteiger charge is -2.08. The van der Waals surface area contributed by atoms with Crippen molar-refractivity contribution in [2.24, 2.45) is 0 Å². The van der Waals surface area contributed by atoms with Gasteiger partial charge in [0.05, 0.1) is 24.5 Å². The molecule has 0 aliphatic heterocycles. The van der Waals surface area contributed by atoms with Crippen molar-refractivity contribution in [1.29, 1.82) is 0 Å². The van der Waals surface area contributed by atoms with Crippen LogP contribution >= 0.6 is 0 Å². The summed E-state index contributed by atoms with van der Waals surface area (Å²) >= 11 is 0. The van der Waals surface area contributed by atoms with Crippen molar-refractivity contribution in [2.75, 3.05) is 31.7 Å². The van der Waals surface area contributed by atoms with Crippen LogP contribution in [-0.2, 0) is 9.47 Å². The van der Waals surface area contributed by atoms with Gasteiger partial charge in [0, 0.05) is 12.7 Å². The van der Waals surface area contributed by atoms with E-state index in [1.165, 1.54) is 6.20 Å². The Labute approximate surface area is 115 Å². The van der Waals surface area contributed by atoms with Crippen LogP contribution in [0, 0.1) is 6.92 Å². The Kier molecular flexibility index (Phi) is 6.78. The third-order valence-corrected chi connectivity index (χ3v) is 2.25. The minimum absolute atomic E-state index is 0.117. The van der Waals surface area contributed by atoms with Crippen molar-refractivity contribution in [3.8, 4) is 0 Å². The van der Waals surface area contributed by atoms with E-state index in [0.29, 0.717) is 23.8 Å². The van der Waals surface area contributed by atoms with Crippen LogP contribution in [-0.4, -0.2) is 48.7 Å². The molecule has 1 rings (SSSR count). The van der Waals surface area contributed by atoms with Crippen molar-refractivity contribution in [1.82, 2.24) is 9.97 Å². The zero-order valence-electron chi connectivity index (χ0n) is 11.4. The van der Waals surface area contributed by atoms with E-state index in [-0.39, 0.29) is 13.2 Å². The lowest BCUT2D eigenvalue weighted by molar-refractivity contribution is 0.0214. The average molecular weight is 289 g/mol. The Morgan fingerprint density at radius 3 is 2.85 bits per heavy atom. The van der Waals surface area contributed by atoms with E-state index in [1.54, 1.807) is 13.8 Å². The first kappa shape index (κ1) is 16.2. The smallest absolute Gasteiger partial charge is 0.341 e. The predicted octanol–water partition coefficient (Wildman–Crippen LogP) is 1.66. The van der Waals surface area contributed by atoms with E-state index in [1.807, 2.05) is 0 Å². The lowest BCUT2D eigenvalue weighted by Crippen LogP contribution is -2.16. The summed E-state index contributed by atoms with van der Waals surface area (Å²) in [6.07, 6.45) is -1.11. The van der Waals surface area contributed by atoms with Crippen molar-refractivity contribution in [3.05, 3.63) is 17.5 Å². The molecule has 0 fully saturated rings. The molecular weight excluding hydrogens is 272 g/mol. The summed E-state index contributed by atoms with van der Waals surface area (Å²) in [4.78, 5) is 19.6. The normalized spacial score (nSPS) is 10.7. The highest BCUT2D eigenvalue weighted by Gasteiger charge is 2.12. The quantitative estimate of drug-likeness (QED) is 0.579. The number of anilines is 1. The first-order valence-corrected chi connectivity index (χ1v) is 6.15. The average Bonchev–Trinajstić information content (AvgIpc) is 2.38. The maximum Gasteiger partial charge on any atom is 0.341 e. The first-order valence-electron chi connectivity index (χ1n) is 6.15. The maximum atomic E-state index is 11.8. The molecule has 112 valence electrons. The number of hydrogen-bond acceptors (Lipinski definition) is 6. The standard InChI is InChI=1S/C12H17F2N3O3/c1-3-20-11(18)9-6-16-12(17-8(9)2)15-4-5-19-7-10(13)14/h6,10H,3-5,7H2,1-2H3,(H,15,16,17). The van der Waals surface area contributed by atoms with Crippen molar-refractivity contribution in [2.45, 2.75) is 20.3 Å². The molecule has 0 saturated heterocycles. The van der Waals surface area contributed by atoms with Gasteiger partial charge in [-0.3, -0.25) is 0 Å². The molecular formula is C12H17F2N3O3.